The van der Waals surface area contributed by atoms with E-state index < -0.39 is 6.10 Å². The van der Waals surface area contributed by atoms with E-state index in [1.807, 2.05) is 0 Å². The Kier molecular flexibility index (Phi) is 2.25. The van der Waals surface area contributed by atoms with Gasteiger partial charge in [-0.2, -0.15) is 0 Å². The summed E-state index contributed by atoms with van der Waals surface area (Å²) in [4.78, 5) is 3.90. The number of aliphatic hydroxyl groups excluding tert-OH is 1. The third kappa shape index (κ3) is 1.46. The quantitative estimate of drug-likeness (QED) is 0.674. The molecule has 0 fully saturated rings. The van der Waals surface area contributed by atoms with Crippen LogP contribution in [0.1, 0.15) is 18.7 Å². The van der Waals surface area contributed by atoms with Gasteiger partial charge in [0.05, 0.1) is 16.8 Å². The number of aromatic nitrogens is 1. The number of halogens is 1. The lowest BCUT2D eigenvalue weighted by molar-refractivity contribution is 0.194. The number of hydrogen-bond acceptors (Lipinski definition) is 2. The van der Waals surface area contributed by atoms with E-state index in [2.05, 4.69) is 4.98 Å². The standard InChI is InChI=1S/C7H8ClNO/c1-5(10)7-6(8)3-2-4-9-7/h2-5,10H,1H3/t5-/m1/s1. The minimum atomic E-state index is -0.589. The maximum absolute atomic E-state index is 9.06. The van der Waals surface area contributed by atoms with Gasteiger partial charge in [0.1, 0.15) is 0 Å². The zero-order valence-corrected chi connectivity index (χ0v) is 6.34. The van der Waals surface area contributed by atoms with Gasteiger partial charge in [-0.3, -0.25) is 4.98 Å². The van der Waals surface area contributed by atoms with E-state index in [1.165, 1.54) is 0 Å². The maximum Gasteiger partial charge on any atom is 0.0946 e. The molecule has 1 heterocycles. The molecular weight excluding hydrogens is 150 g/mol. The van der Waals surface area contributed by atoms with Crippen molar-refractivity contribution in [2.45, 2.75) is 13.0 Å². The van der Waals surface area contributed by atoms with E-state index in [9.17, 15) is 0 Å². The van der Waals surface area contributed by atoms with Gasteiger partial charge in [0.2, 0.25) is 0 Å². The second-order valence-corrected chi connectivity index (χ2v) is 2.45. The lowest BCUT2D eigenvalue weighted by Crippen LogP contribution is -1.94. The van der Waals surface area contributed by atoms with Gasteiger partial charge in [-0.1, -0.05) is 11.6 Å². The summed E-state index contributed by atoms with van der Waals surface area (Å²) in [5.41, 5.74) is 0.532. The van der Waals surface area contributed by atoms with Gasteiger partial charge in [0.15, 0.2) is 0 Å². The summed E-state index contributed by atoms with van der Waals surface area (Å²) in [6.07, 6.45) is 1.02. The molecule has 0 unspecified atom stereocenters. The van der Waals surface area contributed by atoms with Crippen molar-refractivity contribution in [1.82, 2.24) is 4.98 Å². The van der Waals surface area contributed by atoms with Crippen LogP contribution in [-0.2, 0) is 0 Å². The molecule has 3 heteroatoms. The van der Waals surface area contributed by atoms with Crippen molar-refractivity contribution in [3.05, 3.63) is 29.0 Å². The molecule has 2 nitrogen and oxygen atoms in total. The van der Waals surface area contributed by atoms with Crippen LogP contribution < -0.4 is 0 Å². The average Bonchev–Trinajstić information content (AvgIpc) is 1.88. The Balaban J connectivity index is 3.03. The van der Waals surface area contributed by atoms with E-state index in [0.717, 1.165) is 0 Å². The van der Waals surface area contributed by atoms with E-state index in [1.54, 1.807) is 25.3 Å². The van der Waals surface area contributed by atoms with Gasteiger partial charge < -0.3 is 5.11 Å². The molecule has 1 atom stereocenters. The summed E-state index contributed by atoms with van der Waals surface area (Å²) in [6.45, 7) is 1.63. The summed E-state index contributed by atoms with van der Waals surface area (Å²) < 4.78 is 0. The highest BCUT2D eigenvalue weighted by atomic mass is 35.5. The molecule has 0 aliphatic heterocycles. The number of nitrogens with zero attached hydrogens (tertiary/aromatic N) is 1. The highest BCUT2D eigenvalue weighted by molar-refractivity contribution is 6.31. The van der Waals surface area contributed by atoms with Crippen LogP contribution >= 0.6 is 11.6 Å². The van der Waals surface area contributed by atoms with Crippen LogP contribution in [0.3, 0.4) is 0 Å². The van der Waals surface area contributed by atoms with Crippen LogP contribution in [0.5, 0.6) is 0 Å². The highest BCUT2D eigenvalue weighted by Crippen LogP contribution is 2.18. The SMILES string of the molecule is C[C@@H](O)c1ncccc1Cl. The minimum absolute atomic E-state index is 0.512. The molecular formula is C7H8ClNO. The Morgan fingerprint density at radius 2 is 2.40 bits per heavy atom. The van der Waals surface area contributed by atoms with Crippen LogP contribution in [0.25, 0.3) is 0 Å². The molecule has 0 saturated carbocycles. The number of aliphatic hydroxyl groups is 1. The molecule has 0 bridgehead atoms. The molecule has 1 aromatic heterocycles. The fourth-order valence-corrected chi connectivity index (χ4v) is 0.985. The van der Waals surface area contributed by atoms with Crippen molar-refractivity contribution in [1.29, 1.82) is 0 Å². The van der Waals surface area contributed by atoms with Crippen molar-refractivity contribution in [2.24, 2.45) is 0 Å². The predicted molar refractivity (Wildman–Crippen MR) is 39.9 cm³/mol. The van der Waals surface area contributed by atoms with Crippen LogP contribution in [0, 0.1) is 0 Å². The predicted octanol–water partition coefficient (Wildman–Crippen LogP) is 1.79. The molecule has 1 rings (SSSR count). The van der Waals surface area contributed by atoms with Crippen LogP contribution in [0.2, 0.25) is 5.02 Å². The van der Waals surface area contributed by atoms with Gasteiger partial charge in [-0.25, -0.2) is 0 Å². The molecule has 0 aliphatic rings. The first-order valence-corrected chi connectivity index (χ1v) is 3.38. The van der Waals surface area contributed by atoms with Crippen LogP contribution in [0.15, 0.2) is 18.3 Å². The zero-order chi connectivity index (χ0) is 7.56. The maximum atomic E-state index is 9.06. The van der Waals surface area contributed by atoms with Crippen molar-refractivity contribution >= 4 is 11.6 Å². The van der Waals surface area contributed by atoms with Crippen molar-refractivity contribution in [3.8, 4) is 0 Å². The normalized spacial score (nSPS) is 13.1. The molecule has 0 spiro atoms. The van der Waals surface area contributed by atoms with E-state index in [-0.39, 0.29) is 0 Å². The second kappa shape index (κ2) is 2.99. The van der Waals surface area contributed by atoms with Gasteiger partial charge in [0, 0.05) is 6.20 Å². The molecule has 0 radical (unpaired) electrons. The summed E-state index contributed by atoms with van der Waals surface area (Å²) in [6, 6.07) is 3.44. The summed E-state index contributed by atoms with van der Waals surface area (Å²) >= 11 is 5.70. The Hall–Kier alpha value is -0.600. The average molecular weight is 158 g/mol. The van der Waals surface area contributed by atoms with Gasteiger partial charge in [-0.15, -0.1) is 0 Å². The molecule has 1 aromatic rings. The first-order valence-electron chi connectivity index (χ1n) is 3.00. The van der Waals surface area contributed by atoms with Crippen LogP contribution in [-0.4, -0.2) is 10.1 Å². The Morgan fingerprint density at radius 1 is 1.70 bits per heavy atom. The molecule has 10 heavy (non-hydrogen) atoms. The fraction of sp³-hybridized carbons (Fsp3) is 0.286. The number of hydrogen-bond donors (Lipinski definition) is 1. The molecule has 54 valence electrons. The molecule has 0 saturated heterocycles. The lowest BCUT2D eigenvalue weighted by atomic mass is 10.2. The fourth-order valence-electron chi connectivity index (χ4n) is 0.705. The van der Waals surface area contributed by atoms with E-state index >= 15 is 0 Å². The topological polar surface area (TPSA) is 33.1 Å². The third-order valence-corrected chi connectivity index (χ3v) is 1.50. The molecule has 1 N–H and O–H groups in total. The highest BCUT2D eigenvalue weighted by Gasteiger charge is 2.05. The Bertz CT molecular complexity index is 225. The Labute approximate surface area is 64.5 Å². The van der Waals surface area contributed by atoms with Crippen molar-refractivity contribution in [3.63, 3.8) is 0 Å². The lowest BCUT2D eigenvalue weighted by Gasteiger charge is -2.03. The largest absolute Gasteiger partial charge is 0.387 e. The Morgan fingerprint density at radius 3 is 2.80 bits per heavy atom. The van der Waals surface area contributed by atoms with E-state index in [4.69, 9.17) is 16.7 Å². The zero-order valence-electron chi connectivity index (χ0n) is 5.58. The number of rotatable bonds is 1. The van der Waals surface area contributed by atoms with Gasteiger partial charge in [0.25, 0.3) is 0 Å². The van der Waals surface area contributed by atoms with Crippen LogP contribution in [0.4, 0.5) is 0 Å². The molecule has 0 amide bonds. The smallest absolute Gasteiger partial charge is 0.0946 e. The third-order valence-electron chi connectivity index (χ3n) is 1.18. The number of pyridine rings is 1. The van der Waals surface area contributed by atoms with Gasteiger partial charge in [-0.05, 0) is 19.1 Å². The van der Waals surface area contributed by atoms with E-state index in [0.29, 0.717) is 10.7 Å². The first kappa shape index (κ1) is 7.51. The summed E-state index contributed by atoms with van der Waals surface area (Å²) in [5, 5.41) is 9.57. The monoisotopic (exact) mass is 157 g/mol. The minimum Gasteiger partial charge on any atom is -0.387 e. The van der Waals surface area contributed by atoms with Crippen molar-refractivity contribution < 1.29 is 5.11 Å². The molecule has 0 aromatic carbocycles. The van der Waals surface area contributed by atoms with Crippen molar-refractivity contribution in [2.75, 3.05) is 0 Å². The van der Waals surface area contributed by atoms with Gasteiger partial charge >= 0.3 is 0 Å². The summed E-state index contributed by atoms with van der Waals surface area (Å²) in [5.74, 6) is 0. The first-order chi connectivity index (χ1) is 4.72. The molecule has 0 aliphatic carbocycles. The summed E-state index contributed by atoms with van der Waals surface area (Å²) in [7, 11) is 0. The second-order valence-electron chi connectivity index (χ2n) is 2.05.